The van der Waals surface area contributed by atoms with E-state index >= 15 is 0 Å². The Morgan fingerprint density at radius 2 is 1.66 bits per heavy atom. The highest BCUT2D eigenvalue weighted by molar-refractivity contribution is 9.10. The van der Waals surface area contributed by atoms with Gasteiger partial charge in [-0.1, -0.05) is 57.3 Å². The predicted molar refractivity (Wildman–Crippen MR) is 135 cm³/mol. The molecule has 0 spiro atoms. The highest BCUT2D eigenvalue weighted by Gasteiger charge is 2.17. The number of halogens is 3. The number of thiophene rings is 1. The van der Waals surface area contributed by atoms with Gasteiger partial charge in [0.2, 0.25) is 0 Å². The Morgan fingerprint density at radius 1 is 0.938 bits per heavy atom. The average Bonchev–Trinajstić information content (AvgIpc) is 3.11. The second-order valence-electron chi connectivity index (χ2n) is 6.67. The van der Waals surface area contributed by atoms with Crippen LogP contribution in [0.15, 0.2) is 76.3 Å². The highest BCUT2D eigenvalue weighted by atomic mass is 79.9. The Bertz CT molecular complexity index is 1340. The summed E-state index contributed by atoms with van der Waals surface area (Å²) in [4.78, 5) is 25.4. The van der Waals surface area contributed by atoms with Crippen LogP contribution in [0.4, 0.5) is 5.69 Å². The molecule has 0 saturated carbocycles. The number of fused-ring (bicyclic) bond motifs is 1. The molecule has 0 aliphatic carbocycles. The molecule has 0 bridgehead atoms. The van der Waals surface area contributed by atoms with Crippen LogP contribution in [0.5, 0.6) is 0 Å². The molecule has 4 aromatic rings. The van der Waals surface area contributed by atoms with E-state index in [9.17, 15) is 9.59 Å². The van der Waals surface area contributed by atoms with E-state index in [1.54, 1.807) is 48.5 Å². The van der Waals surface area contributed by atoms with E-state index < -0.39 is 0 Å². The summed E-state index contributed by atoms with van der Waals surface area (Å²) in [7, 11) is 0. The highest BCUT2D eigenvalue weighted by Crippen LogP contribution is 2.37. The molecule has 2 amide bonds. The minimum Gasteiger partial charge on any atom is -0.321 e. The summed E-state index contributed by atoms with van der Waals surface area (Å²) in [6, 6.07) is 19.2. The number of amides is 2. The van der Waals surface area contributed by atoms with Crippen molar-refractivity contribution in [3.63, 3.8) is 0 Å². The molecule has 2 N–H and O–H groups in total. The van der Waals surface area contributed by atoms with Crippen molar-refractivity contribution in [3.8, 4) is 0 Å². The van der Waals surface area contributed by atoms with Gasteiger partial charge in [-0.3, -0.25) is 9.59 Å². The third-order valence-corrected chi connectivity index (χ3v) is 6.85. The summed E-state index contributed by atoms with van der Waals surface area (Å²) in [6.07, 6.45) is 1.52. The SMILES string of the molecule is O=C(N/N=C\c1ccc(Cl)cc1)c1ccc(NC(=O)c2sc3cc(Br)ccc3c2Cl)cc1. The molecule has 5 nitrogen and oxygen atoms in total. The Kier molecular flexibility index (Phi) is 6.91. The fourth-order valence-electron chi connectivity index (χ4n) is 2.86. The van der Waals surface area contributed by atoms with Gasteiger partial charge in [-0.25, -0.2) is 5.43 Å². The molecule has 0 radical (unpaired) electrons. The molecule has 0 aliphatic rings. The number of rotatable bonds is 5. The van der Waals surface area contributed by atoms with E-state index in [1.165, 1.54) is 17.6 Å². The monoisotopic (exact) mass is 545 g/mol. The van der Waals surface area contributed by atoms with Crippen LogP contribution >= 0.6 is 50.5 Å². The maximum absolute atomic E-state index is 12.7. The van der Waals surface area contributed by atoms with Gasteiger partial charge in [-0.15, -0.1) is 11.3 Å². The van der Waals surface area contributed by atoms with E-state index in [0.717, 1.165) is 20.1 Å². The first kappa shape index (κ1) is 22.5. The van der Waals surface area contributed by atoms with E-state index in [0.29, 0.717) is 26.2 Å². The van der Waals surface area contributed by atoms with Gasteiger partial charge in [0.05, 0.1) is 11.2 Å². The topological polar surface area (TPSA) is 70.6 Å². The molecule has 32 heavy (non-hydrogen) atoms. The van der Waals surface area contributed by atoms with Crippen molar-refractivity contribution >= 4 is 84.3 Å². The number of anilines is 1. The number of hydrogen-bond acceptors (Lipinski definition) is 4. The van der Waals surface area contributed by atoms with Crippen LogP contribution in [0.2, 0.25) is 10.0 Å². The molecule has 0 fully saturated rings. The van der Waals surface area contributed by atoms with Crippen molar-refractivity contribution in [1.82, 2.24) is 5.43 Å². The van der Waals surface area contributed by atoms with Gasteiger partial charge in [-0.05, 0) is 54.1 Å². The Labute approximate surface area is 206 Å². The zero-order valence-corrected chi connectivity index (χ0v) is 20.1. The number of hydrazone groups is 1. The maximum atomic E-state index is 12.7. The number of benzene rings is 3. The largest absolute Gasteiger partial charge is 0.321 e. The Hall–Kier alpha value is -2.71. The van der Waals surface area contributed by atoms with E-state index in [-0.39, 0.29) is 11.8 Å². The van der Waals surface area contributed by atoms with E-state index in [2.05, 4.69) is 31.8 Å². The lowest BCUT2D eigenvalue weighted by molar-refractivity contribution is 0.0954. The minimum atomic E-state index is -0.369. The molecule has 1 heterocycles. The van der Waals surface area contributed by atoms with Crippen LogP contribution in [-0.4, -0.2) is 18.0 Å². The first-order valence-corrected chi connectivity index (χ1v) is 11.7. The smallest absolute Gasteiger partial charge is 0.271 e. The molecule has 0 aliphatic heterocycles. The first-order chi connectivity index (χ1) is 15.4. The lowest BCUT2D eigenvalue weighted by Gasteiger charge is -2.05. The molecule has 4 rings (SSSR count). The molecule has 0 unspecified atom stereocenters. The number of carbonyl (C=O) groups is 2. The molecule has 160 valence electrons. The summed E-state index contributed by atoms with van der Waals surface area (Å²) in [5, 5.41) is 8.63. The number of nitrogens with one attached hydrogen (secondary N) is 2. The van der Waals surface area contributed by atoms with Crippen LogP contribution in [-0.2, 0) is 0 Å². The predicted octanol–water partition coefficient (Wildman–Crippen LogP) is 6.99. The summed E-state index contributed by atoms with van der Waals surface area (Å²) in [5.74, 6) is -0.677. The fraction of sp³-hybridized carbons (Fsp3) is 0. The summed E-state index contributed by atoms with van der Waals surface area (Å²) in [6.45, 7) is 0. The average molecular weight is 547 g/mol. The molecule has 1 aromatic heterocycles. The molecule has 0 saturated heterocycles. The van der Waals surface area contributed by atoms with Gasteiger partial charge in [-0.2, -0.15) is 5.10 Å². The number of carbonyl (C=O) groups excluding carboxylic acids is 2. The van der Waals surface area contributed by atoms with Crippen LogP contribution < -0.4 is 10.7 Å². The number of hydrogen-bond donors (Lipinski definition) is 2. The summed E-state index contributed by atoms with van der Waals surface area (Å²) >= 11 is 17.0. The van der Waals surface area contributed by atoms with Crippen LogP contribution in [0, 0.1) is 0 Å². The Morgan fingerprint density at radius 3 is 2.38 bits per heavy atom. The molecule has 3 aromatic carbocycles. The van der Waals surface area contributed by atoms with Gasteiger partial charge in [0.15, 0.2) is 0 Å². The third kappa shape index (κ3) is 5.19. The zero-order chi connectivity index (χ0) is 22.7. The molecule has 9 heteroatoms. The fourth-order valence-corrected chi connectivity index (χ4v) is 4.95. The normalized spacial score (nSPS) is 11.1. The van der Waals surface area contributed by atoms with Crippen molar-refractivity contribution < 1.29 is 9.59 Å². The van der Waals surface area contributed by atoms with Gasteiger partial charge in [0.1, 0.15) is 4.88 Å². The third-order valence-electron chi connectivity index (χ3n) is 4.45. The van der Waals surface area contributed by atoms with Gasteiger partial charge < -0.3 is 5.32 Å². The van der Waals surface area contributed by atoms with Crippen LogP contribution in [0.3, 0.4) is 0 Å². The van der Waals surface area contributed by atoms with E-state index in [1.807, 2.05) is 18.2 Å². The van der Waals surface area contributed by atoms with Crippen LogP contribution in [0.1, 0.15) is 25.6 Å². The zero-order valence-electron chi connectivity index (χ0n) is 16.2. The van der Waals surface area contributed by atoms with Gasteiger partial charge >= 0.3 is 0 Å². The second kappa shape index (κ2) is 9.83. The van der Waals surface area contributed by atoms with Crippen molar-refractivity contribution in [3.05, 3.63) is 97.3 Å². The summed E-state index contributed by atoms with van der Waals surface area (Å²) in [5.41, 5.74) is 4.22. The molecular formula is C23H14BrCl2N3O2S. The molecular weight excluding hydrogens is 533 g/mol. The second-order valence-corrected chi connectivity index (χ2v) is 9.45. The summed E-state index contributed by atoms with van der Waals surface area (Å²) < 4.78 is 1.84. The van der Waals surface area contributed by atoms with Crippen LogP contribution in [0.25, 0.3) is 10.1 Å². The first-order valence-electron chi connectivity index (χ1n) is 9.28. The lowest BCUT2D eigenvalue weighted by atomic mass is 10.2. The standard InChI is InChI=1S/C23H14BrCl2N3O2S/c24-15-5-10-18-19(11-15)32-21(20(18)26)23(31)28-17-8-3-14(4-9-17)22(30)29-27-12-13-1-6-16(25)7-2-13/h1-12H,(H,28,31)(H,29,30)/b27-12-. The van der Waals surface area contributed by atoms with E-state index in [4.69, 9.17) is 23.2 Å². The lowest BCUT2D eigenvalue weighted by Crippen LogP contribution is -2.17. The maximum Gasteiger partial charge on any atom is 0.271 e. The van der Waals surface area contributed by atoms with Crippen molar-refractivity contribution in [2.45, 2.75) is 0 Å². The van der Waals surface area contributed by atoms with Crippen molar-refractivity contribution in [1.29, 1.82) is 0 Å². The van der Waals surface area contributed by atoms with Crippen molar-refractivity contribution in [2.75, 3.05) is 5.32 Å². The molecule has 0 atom stereocenters. The van der Waals surface area contributed by atoms with Gasteiger partial charge in [0, 0.05) is 30.8 Å². The quantitative estimate of drug-likeness (QED) is 0.209. The van der Waals surface area contributed by atoms with Crippen molar-refractivity contribution in [2.24, 2.45) is 5.10 Å². The van der Waals surface area contributed by atoms with Gasteiger partial charge in [0.25, 0.3) is 11.8 Å². The Balaban J connectivity index is 1.40. The number of nitrogens with zero attached hydrogens (tertiary/aromatic N) is 1. The minimum absolute atomic E-state index is 0.308.